The first-order valence-electron chi connectivity index (χ1n) is 8.44. The molecule has 0 aromatic carbocycles. The van der Waals surface area contributed by atoms with Crippen LogP contribution in [0.15, 0.2) is 9.62 Å². The monoisotopic (exact) mass is 333 g/mol. The Bertz CT molecular complexity index is 666. The van der Waals surface area contributed by atoms with Gasteiger partial charge in [-0.2, -0.15) is 10.1 Å². The third kappa shape index (κ3) is 3.32. The maximum Gasteiger partial charge on any atom is 0.270 e. The molecule has 2 amide bonds. The van der Waals surface area contributed by atoms with Gasteiger partial charge in [-0.3, -0.25) is 9.59 Å². The summed E-state index contributed by atoms with van der Waals surface area (Å²) in [7, 11) is 0. The van der Waals surface area contributed by atoms with Gasteiger partial charge in [0, 0.05) is 44.8 Å². The quantitative estimate of drug-likeness (QED) is 0.835. The average Bonchev–Trinajstić information content (AvgIpc) is 3.01. The molecule has 24 heavy (non-hydrogen) atoms. The van der Waals surface area contributed by atoms with Gasteiger partial charge in [0.2, 0.25) is 11.8 Å². The molecule has 3 rings (SSSR count). The summed E-state index contributed by atoms with van der Waals surface area (Å²) in [5.41, 5.74) is 0.466. The second kappa shape index (κ2) is 6.70. The molecule has 0 radical (unpaired) electrons. The molecule has 1 fully saturated rings. The van der Waals surface area contributed by atoms with Crippen molar-refractivity contribution >= 4 is 17.5 Å². The number of aryl methyl sites for hydroxylation is 1. The second-order valence-electron chi connectivity index (χ2n) is 6.64. The van der Waals surface area contributed by atoms with Gasteiger partial charge < -0.3 is 9.42 Å². The van der Waals surface area contributed by atoms with E-state index < -0.39 is 0 Å². The first-order chi connectivity index (χ1) is 11.5. The summed E-state index contributed by atoms with van der Waals surface area (Å²) in [5.74, 6) is 1.18. The highest BCUT2D eigenvalue weighted by molar-refractivity contribution is 6.39. The molecular formula is C16H23N5O3. The van der Waals surface area contributed by atoms with Crippen LogP contribution in [0.2, 0.25) is 0 Å². The van der Waals surface area contributed by atoms with Crippen molar-refractivity contribution in [1.82, 2.24) is 20.0 Å². The summed E-state index contributed by atoms with van der Waals surface area (Å²) in [6.45, 7) is 6.80. The molecule has 130 valence electrons. The molecule has 1 aromatic rings. The Balaban J connectivity index is 1.72. The number of carbonyl (C=O) groups is 2. The third-order valence-electron chi connectivity index (χ3n) is 4.41. The molecule has 2 aliphatic rings. The number of nitrogens with zero attached hydrogens (tertiary/aromatic N) is 5. The molecule has 0 saturated carbocycles. The highest BCUT2D eigenvalue weighted by Crippen LogP contribution is 2.25. The van der Waals surface area contributed by atoms with Crippen molar-refractivity contribution in [2.75, 3.05) is 13.1 Å². The van der Waals surface area contributed by atoms with E-state index in [9.17, 15) is 9.59 Å². The Morgan fingerprint density at radius 2 is 2.12 bits per heavy atom. The molecule has 0 aliphatic carbocycles. The summed E-state index contributed by atoms with van der Waals surface area (Å²) in [5, 5.41) is 9.70. The Hall–Kier alpha value is -2.25. The van der Waals surface area contributed by atoms with Crippen molar-refractivity contribution in [3.05, 3.63) is 11.7 Å². The lowest BCUT2D eigenvalue weighted by molar-refractivity contribution is -0.133. The molecule has 0 unspecified atom stereocenters. The van der Waals surface area contributed by atoms with E-state index in [0.29, 0.717) is 43.4 Å². The number of likely N-dealkylation sites (tertiary alicyclic amines) is 1. The van der Waals surface area contributed by atoms with Crippen molar-refractivity contribution in [3.63, 3.8) is 0 Å². The van der Waals surface area contributed by atoms with Gasteiger partial charge in [0.05, 0.1) is 0 Å². The van der Waals surface area contributed by atoms with Gasteiger partial charge in [-0.1, -0.05) is 5.16 Å². The fraction of sp³-hybridized carbons (Fsp3) is 0.688. The predicted octanol–water partition coefficient (Wildman–Crippen LogP) is 1.47. The number of carbonyl (C=O) groups excluding carboxylic acids is 2. The molecule has 1 saturated heterocycles. The van der Waals surface area contributed by atoms with Crippen LogP contribution in [-0.2, 0) is 9.59 Å². The van der Waals surface area contributed by atoms with Gasteiger partial charge in [-0.05, 0) is 26.7 Å². The number of hydrogen-bond acceptors (Lipinski definition) is 6. The molecule has 0 spiro atoms. The van der Waals surface area contributed by atoms with Gasteiger partial charge in [-0.25, -0.2) is 5.01 Å². The van der Waals surface area contributed by atoms with Crippen LogP contribution in [0.5, 0.6) is 0 Å². The zero-order valence-corrected chi connectivity index (χ0v) is 14.4. The highest BCUT2D eigenvalue weighted by Gasteiger charge is 2.32. The van der Waals surface area contributed by atoms with Gasteiger partial charge in [0.15, 0.2) is 5.82 Å². The third-order valence-corrected chi connectivity index (χ3v) is 4.41. The predicted molar refractivity (Wildman–Crippen MR) is 86.2 cm³/mol. The molecular weight excluding hydrogens is 310 g/mol. The summed E-state index contributed by atoms with van der Waals surface area (Å²) < 4.78 is 5.05. The normalized spacial score (nSPS) is 22.1. The van der Waals surface area contributed by atoms with E-state index in [-0.39, 0.29) is 23.8 Å². The van der Waals surface area contributed by atoms with Crippen LogP contribution in [0.4, 0.5) is 0 Å². The van der Waals surface area contributed by atoms with Crippen LogP contribution in [0.1, 0.15) is 57.2 Å². The fourth-order valence-electron chi connectivity index (χ4n) is 3.16. The zero-order valence-electron chi connectivity index (χ0n) is 14.4. The molecule has 8 heteroatoms. The number of piperidine rings is 1. The van der Waals surface area contributed by atoms with Crippen molar-refractivity contribution in [1.29, 1.82) is 0 Å². The molecule has 3 heterocycles. The smallest absolute Gasteiger partial charge is 0.270 e. The number of amides is 2. The highest BCUT2D eigenvalue weighted by atomic mass is 16.5. The van der Waals surface area contributed by atoms with Crippen molar-refractivity contribution in [2.45, 2.75) is 58.4 Å². The topological polar surface area (TPSA) is 91.9 Å². The number of aromatic nitrogens is 2. The summed E-state index contributed by atoms with van der Waals surface area (Å²) >= 11 is 0. The van der Waals surface area contributed by atoms with Crippen LogP contribution in [-0.4, -0.2) is 56.7 Å². The van der Waals surface area contributed by atoms with E-state index in [0.717, 1.165) is 12.8 Å². The molecule has 0 bridgehead atoms. The molecule has 0 N–H and O–H groups in total. The first-order valence-corrected chi connectivity index (χ1v) is 8.44. The van der Waals surface area contributed by atoms with E-state index in [1.165, 1.54) is 5.01 Å². The van der Waals surface area contributed by atoms with Crippen LogP contribution in [0.3, 0.4) is 0 Å². The second-order valence-corrected chi connectivity index (χ2v) is 6.64. The molecule has 2 aliphatic heterocycles. The standard InChI is InChI=1S/C16H23N5O3/c1-10(2)21-14(22)7-6-13(18-21)16(23)20-8-4-5-12(9-20)15-17-11(3)24-19-15/h10,12H,4-9H2,1-3H3/t12-/m1/s1. The lowest BCUT2D eigenvalue weighted by Gasteiger charge is -2.33. The Morgan fingerprint density at radius 1 is 1.33 bits per heavy atom. The van der Waals surface area contributed by atoms with Crippen LogP contribution in [0.25, 0.3) is 0 Å². The van der Waals surface area contributed by atoms with Crippen molar-refractivity contribution in [3.8, 4) is 0 Å². The number of hydrogen-bond donors (Lipinski definition) is 0. The Labute approximate surface area is 140 Å². The van der Waals surface area contributed by atoms with Gasteiger partial charge >= 0.3 is 0 Å². The SMILES string of the molecule is Cc1nc([C@@H]2CCCN(C(=O)C3=NN(C(C)C)C(=O)CC3)C2)no1. The number of hydrazone groups is 1. The van der Waals surface area contributed by atoms with E-state index in [4.69, 9.17) is 4.52 Å². The molecule has 8 nitrogen and oxygen atoms in total. The lowest BCUT2D eigenvalue weighted by atomic mass is 9.96. The largest absolute Gasteiger partial charge is 0.340 e. The van der Waals surface area contributed by atoms with Crippen LogP contribution in [0, 0.1) is 6.92 Å². The van der Waals surface area contributed by atoms with Crippen LogP contribution < -0.4 is 0 Å². The van der Waals surface area contributed by atoms with Crippen LogP contribution >= 0.6 is 0 Å². The minimum Gasteiger partial charge on any atom is -0.340 e. The maximum atomic E-state index is 12.8. The maximum absolute atomic E-state index is 12.8. The molecule has 1 atom stereocenters. The Kier molecular flexibility index (Phi) is 4.64. The minimum atomic E-state index is -0.0851. The number of rotatable bonds is 3. The lowest BCUT2D eigenvalue weighted by Crippen LogP contribution is -2.46. The van der Waals surface area contributed by atoms with Crippen molar-refractivity contribution < 1.29 is 14.1 Å². The van der Waals surface area contributed by atoms with Crippen molar-refractivity contribution in [2.24, 2.45) is 5.10 Å². The zero-order chi connectivity index (χ0) is 17.3. The van der Waals surface area contributed by atoms with Gasteiger partial charge in [-0.15, -0.1) is 0 Å². The van der Waals surface area contributed by atoms with E-state index in [2.05, 4.69) is 15.2 Å². The van der Waals surface area contributed by atoms with E-state index in [1.807, 2.05) is 13.8 Å². The minimum absolute atomic E-state index is 0.0275. The van der Waals surface area contributed by atoms with Gasteiger partial charge in [0.1, 0.15) is 5.71 Å². The average molecular weight is 333 g/mol. The Morgan fingerprint density at radius 3 is 2.79 bits per heavy atom. The first kappa shape index (κ1) is 16.6. The summed E-state index contributed by atoms with van der Waals surface area (Å²) in [4.78, 5) is 30.8. The van der Waals surface area contributed by atoms with E-state index >= 15 is 0 Å². The fourth-order valence-corrected chi connectivity index (χ4v) is 3.16. The summed E-state index contributed by atoms with van der Waals surface area (Å²) in [6, 6.07) is -0.0444. The summed E-state index contributed by atoms with van der Waals surface area (Å²) in [6.07, 6.45) is 2.57. The molecule has 1 aromatic heterocycles. The van der Waals surface area contributed by atoms with Gasteiger partial charge in [0.25, 0.3) is 5.91 Å². The van der Waals surface area contributed by atoms with E-state index in [1.54, 1.807) is 11.8 Å².